The first kappa shape index (κ1) is 31.6. The molecular formula is C31H51N3O4. The van der Waals surface area contributed by atoms with Crippen molar-refractivity contribution < 1.29 is 19.1 Å². The van der Waals surface area contributed by atoms with Gasteiger partial charge >= 0.3 is 6.09 Å². The van der Waals surface area contributed by atoms with Crippen LogP contribution in [0.1, 0.15) is 116 Å². The molecule has 0 bridgehead atoms. The lowest BCUT2D eigenvalue weighted by molar-refractivity contribution is -0.143. The molecule has 2 rings (SSSR count). The van der Waals surface area contributed by atoms with Crippen molar-refractivity contribution >= 4 is 17.9 Å². The zero-order valence-corrected chi connectivity index (χ0v) is 25.0. The van der Waals surface area contributed by atoms with Crippen LogP contribution in [0, 0.1) is 19.8 Å². The summed E-state index contributed by atoms with van der Waals surface area (Å²) in [5.41, 5.74) is 2.13. The number of aryl methyl sites for hydroxylation is 2. The molecule has 7 heteroatoms. The number of nitrogens with zero attached hydrogens (tertiary/aromatic N) is 1. The number of amides is 3. The standard InChI is InChI=1S/C31H51N3O4/c1-9-10-14-20-34(29(36)26(21(2)3)33-30(37)38-31(6,7)8)27(25-22(4)16-15-17-23(25)5)28(35)32-24-18-12-11-13-19-24/h15-17,21,24,26-27H,9-14,18-20H2,1-8H3,(H,32,35)(H,33,37). The van der Waals surface area contributed by atoms with Crippen LogP contribution < -0.4 is 10.6 Å². The van der Waals surface area contributed by atoms with Gasteiger partial charge in [-0.05, 0) is 76.5 Å². The number of hydrogen-bond acceptors (Lipinski definition) is 4. The molecule has 38 heavy (non-hydrogen) atoms. The predicted octanol–water partition coefficient (Wildman–Crippen LogP) is 6.36. The lowest BCUT2D eigenvalue weighted by atomic mass is 9.91. The van der Waals surface area contributed by atoms with Crippen LogP contribution in [0.15, 0.2) is 18.2 Å². The summed E-state index contributed by atoms with van der Waals surface area (Å²) in [6.07, 6.45) is 7.41. The van der Waals surface area contributed by atoms with Gasteiger partial charge < -0.3 is 20.3 Å². The summed E-state index contributed by atoms with van der Waals surface area (Å²) in [6.45, 7) is 15.7. The summed E-state index contributed by atoms with van der Waals surface area (Å²) in [4.78, 5) is 42.8. The van der Waals surface area contributed by atoms with Crippen molar-refractivity contribution in [3.05, 3.63) is 34.9 Å². The average Bonchev–Trinajstić information content (AvgIpc) is 2.82. The SMILES string of the molecule is CCCCCN(C(=O)C(NC(=O)OC(C)(C)C)C(C)C)C(C(=O)NC1CCCCC1)c1c(C)cccc1C. The molecule has 7 nitrogen and oxygen atoms in total. The first-order valence-corrected chi connectivity index (χ1v) is 14.5. The van der Waals surface area contributed by atoms with Crippen molar-refractivity contribution in [2.45, 2.75) is 130 Å². The van der Waals surface area contributed by atoms with Crippen molar-refractivity contribution in [3.63, 3.8) is 0 Å². The van der Waals surface area contributed by atoms with Gasteiger partial charge in [-0.1, -0.05) is 71.1 Å². The van der Waals surface area contributed by atoms with Gasteiger partial charge in [0.05, 0.1) is 0 Å². The first-order chi connectivity index (χ1) is 17.9. The van der Waals surface area contributed by atoms with Gasteiger partial charge in [0.25, 0.3) is 0 Å². The topological polar surface area (TPSA) is 87.7 Å². The molecule has 0 aliphatic heterocycles. The van der Waals surface area contributed by atoms with E-state index in [0.29, 0.717) is 6.54 Å². The minimum Gasteiger partial charge on any atom is -0.444 e. The number of unbranched alkanes of at least 4 members (excludes halogenated alkanes) is 2. The van der Waals surface area contributed by atoms with Crippen molar-refractivity contribution in [1.82, 2.24) is 15.5 Å². The van der Waals surface area contributed by atoms with Crippen LogP contribution in [0.25, 0.3) is 0 Å². The number of benzene rings is 1. The van der Waals surface area contributed by atoms with Crippen LogP contribution >= 0.6 is 0 Å². The Morgan fingerprint density at radius 1 is 1.03 bits per heavy atom. The van der Waals surface area contributed by atoms with Gasteiger partial charge in [0.1, 0.15) is 17.7 Å². The van der Waals surface area contributed by atoms with Gasteiger partial charge in [0.15, 0.2) is 0 Å². The summed E-state index contributed by atoms with van der Waals surface area (Å²) >= 11 is 0. The summed E-state index contributed by atoms with van der Waals surface area (Å²) in [7, 11) is 0. The molecule has 1 aliphatic rings. The number of carbonyl (C=O) groups is 3. The normalized spacial score (nSPS) is 16.0. The quantitative estimate of drug-likeness (QED) is 0.327. The fourth-order valence-electron chi connectivity index (χ4n) is 5.24. The Morgan fingerprint density at radius 3 is 2.16 bits per heavy atom. The fourth-order valence-corrected chi connectivity index (χ4v) is 5.24. The highest BCUT2D eigenvalue weighted by molar-refractivity contribution is 5.92. The molecule has 0 aromatic heterocycles. The number of carbonyl (C=O) groups excluding carboxylic acids is 3. The summed E-state index contributed by atoms with van der Waals surface area (Å²) in [6, 6.07) is 4.50. The molecule has 1 saturated carbocycles. The second kappa shape index (κ2) is 14.5. The van der Waals surface area contributed by atoms with Gasteiger partial charge in [-0.2, -0.15) is 0 Å². The summed E-state index contributed by atoms with van der Waals surface area (Å²) in [5.74, 6) is -0.587. The van der Waals surface area contributed by atoms with Gasteiger partial charge in [0, 0.05) is 12.6 Å². The molecule has 1 aromatic carbocycles. The van der Waals surface area contributed by atoms with Gasteiger partial charge in [-0.3, -0.25) is 9.59 Å². The zero-order valence-electron chi connectivity index (χ0n) is 25.0. The lowest BCUT2D eigenvalue weighted by Gasteiger charge is -2.37. The van der Waals surface area contributed by atoms with Crippen LogP contribution in [-0.4, -0.2) is 47.0 Å². The minimum atomic E-state index is -0.819. The highest BCUT2D eigenvalue weighted by Crippen LogP contribution is 2.30. The van der Waals surface area contributed by atoms with E-state index < -0.39 is 23.8 Å². The highest BCUT2D eigenvalue weighted by atomic mass is 16.6. The maximum Gasteiger partial charge on any atom is 0.408 e. The molecule has 0 spiro atoms. The number of ether oxygens (including phenoxy) is 1. The molecule has 1 fully saturated rings. The van der Waals surface area contributed by atoms with Crippen LogP contribution in [0.2, 0.25) is 0 Å². The third kappa shape index (κ3) is 9.32. The third-order valence-electron chi connectivity index (χ3n) is 7.22. The van der Waals surface area contributed by atoms with Crippen molar-refractivity contribution in [2.24, 2.45) is 5.92 Å². The van der Waals surface area contributed by atoms with Crippen molar-refractivity contribution in [3.8, 4) is 0 Å². The molecular weight excluding hydrogens is 478 g/mol. The number of nitrogens with one attached hydrogen (secondary N) is 2. The molecule has 1 aromatic rings. The molecule has 1 aliphatic carbocycles. The predicted molar refractivity (Wildman–Crippen MR) is 153 cm³/mol. The van der Waals surface area contributed by atoms with E-state index in [1.54, 1.807) is 25.7 Å². The highest BCUT2D eigenvalue weighted by Gasteiger charge is 2.39. The number of rotatable bonds is 11. The lowest BCUT2D eigenvalue weighted by Crippen LogP contribution is -2.55. The van der Waals surface area contributed by atoms with Gasteiger partial charge in [-0.25, -0.2) is 4.79 Å². The summed E-state index contributed by atoms with van der Waals surface area (Å²) in [5, 5.41) is 6.11. The van der Waals surface area contributed by atoms with E-state index >= 15 is 0 Å². The van der Waals surface area contributed by atoms with Gasteiger partial charge in [-0.15, -0.1) is 0 Å². The molecule has 0 saturated heterocycles. The Balaban J connectivity index is 2.52. The molecule has 2 unspecified atom stereocenters. The van der Waals surface area contributed by atoms with E-state index in [2.05, 4.69) is 17.6 Å². The second-order valence-electron chi connectivity index (χ2n) is 12.2. The fraction of sp³-hybridized carbons (Fsp3) is 0.710. The maximum atomic E-state index is 14.3. The monoisotopic (exact) mass is 529 g/mol. The van der Waals surface area contributed by atoms with E-state index in [9.17, 15) is 14.4 Å². The van der Waals surface area contributed by atoms with E-state index in [1.165, 1.54) is 6.42 Å². The Bertz CT molecular complexity index is 911. The second-order valence-corrected chi connectivity index (χ2v) is 12.2. The minimum absolute atomic E-state index is 0.122. The molecule has 2 N–H and O–H groups in total. The Kier molecular flexibility index (Phi) is 12.1. The Hall–Kier alpha value is -2.57. The van der Waals surface area contributed by atoms with Crippen LogP contribution in [0.5, 0.6) is 0 Å². The smallest absolute Gasteiger partial charge is 0.408 e. The molecule has 0 radical (unpaired) electrons. The zero-order chi connectivity index (χ0) is 28.5. The van der Waals surface area contributed by atoms with E-state index in [4.69, 9.17) is 4.74 Å². The van der Waals surface area contributed by atoms with E-state index in [-0.39, 0.29) is 23.8 Å². The largest absolute Gasteiger partial charge is 0.444 e. The number of alkyl carbamates (subject to hydrolysis) is 1. The summed E-state index contributed by atoms with van der Waals surface area (Å²) < 4.78 is 5.48. The van der Waals surface area contributed by atoms with Crippen LogP contribution in [-0.2, 0) is 14.3 Å². The Labute approximate surface area is 230 Å². The first-order valence-electron chi connectivity index (χ1n) is 14.5. The molecule has 3 amide bonds. The molecule has 2 atom stereocenters. The van der Waals surface area contributed by atoms with E-state index in [1.807, 2.05) is 45.9 Å². The third-order valence-corrected chi connectivity index (χ3v) is 7.22. The van der Waals surface area contributed by atoms with Crippen LogP contribution in [0.3, 0.4) is 0 Å². The van der Waals surface area contributed by atoms with Crippen LogP contribution in [0.4, 0.5) is 4.79 Å². The van der Waals surface area contributed by atoms with Crippen molar-refractivity contribution in [1.29, 1.82) is 0 Å². The number of hydrogen-bond donors (Lipinski definition) is 2. The molecule has 214 valence electrons. The van der Waals surface area contributed by atoms with Crippen molar-refractivity contribution in [2.75, 3.05) is 6.54 Å². The average molecular weight is 530 g/mol. The molecule has 0 heterocycles. The van der Waals surface area contributed by atoms with E-state index in [0.717, 1.165) is 61.6 Å². The maximum absolute atomic E-state index is 14.3. The Morgan fingerprint density at radius 2 is 1.63 bits per heavy atom. The van der Waals surface area contributed by atoms with Gasteiger partial charge in [0.2, 0.25) is 11.8 Å².